The van der Waals surface area contributed by atoms with E-state index in [0.29, 0.717) is 32.3 Å². The van der Waals surface area contributed by atoms with E-state index in [9.17, 15) is 30.6 Å². The van der Waals surface area contributed by atoms with Crippen LogP contribution in [0.25, 0.3) is 42.4 Å². The van der Waals surface area contributed by atoms with Crippen LogP contribution in [0.1, 0.15) is 56.8 Å². The summed E-state index contributed by atoms with van der Waals surface area (Å²) in [6.07, 6.45) is 0. The highest BCUT2D eigenvalue weighted by Gasteiger charge is 2.38. The lowest BCUT2D eigenvalue weighted by atomic mass is 9.82. The van der Waals surface area contributed by atoms with Gasteiger partial charge in [-0.05, 0) is 80.6 Å². The predicted molar refractivity (Wildman–Crippen MR) is 207 cm³/mol. The van der Waals surface area contributed by atoms with E-state index in [2.05, 4.69) is 38.1 Å². The predicted octanol–water partition coefficient (Wildman–Crippen LogP) is 9.96. The van der Waals surface area contributed by atoms with Crippen molar-refractivity contribution in [2.45, 2.75) is 19.3 Å². The molecule has 0 fully saturated rings. The third-order valence-electron chi connectivity index (χ3n) is 10.1. The SMILES string of the molecule is CC1(C)c2cc3cc(N=C4C(=O)c5ccccc5C4=C(C#N)C#N)sc3cc2-c2cc3sc(N=C4C(=O)c5ccccc5C4=C(C#N)C#N)cc3cc21. The Balaban J connectivity index is 1.14. The van der Waals surface area contributed by atoms with Gasteiger partial charge in [-0.1, -0.05) is 62.4 Å². The molecular weight excluding hydrogens is 697 g/mol. The monoisotopic (exact) mass is 716 g/mol. The summed E-state index contributed by atoms with van der Waals surface area (Å²) in [5.41, 5.74) is 6.45. The first-order valence-electron chi connectivity index (χ1n) is 16.4. The number of carbonyl (C=O) groups excluding carboxylic acids is 2. The van der Waals surface area contributed by atoms with E-state index in [1.165, 1.54) is 22.7 Å². The van der Waals surface area contributed by atoms with Gasteiger partial charge in [0.15, 0.2) is 0 Å². The number of Topliss-reactive ketones (excluding diaryl/α,β-unsaturated/α-hetero) is 2. The fraction of sp³-hybridized carbons (Fsp3) is 0.0698. The minimum atomic E-state index is -0.351. The standard InChI is InChI=1S/C43H20N6O2S2/c1-43(2)31-11-21-13-35(48-39-37(23(17-44)18-45)25-7-3-5-9-27(25)41(39)50)52-33(21)15-29(31)30-16-34-22(12-32(30)43)14-36(53-34)49-40-38(24(19-46)20-47)26-8-4-6-10-28(26)42(40)51/h3-16H,1-2H3. The zero-order chi connectivity index (χ0) is 36.8. The van der Waals surface area contributed by atoms with Crippen LogP contribution in [-0.4, -0.2) is 23.0 Å². The van der Waals surface area contributed by atoms with Gasteiger partial charge in [0, 0.05) is 37.1 Å². The Morgan fingerprint density at radius 1 is 0.547 bits per heavy atom. The molecule has 0 saturated carbocycles. The molecule has 0 unspecified atom stereocenters. The molecule has 246 valence electrons. The van der Waals surface area contributed by atoms with Gasteiger partial charge >= 0.3 is 0 Å². The van der Waals surface area contributed by atoms with E-state index in [4.69, 9.17) is 9.98 Å². The molecule has 8 nitrogen and oxygen atoms in total. The molecule has 0 spiro atoms. The van der Waals surface area contributed by atoms with E-state index in [0.717, 1.165) is 42.4 Å². The van der Waals surface area contributed by atoms with Gasteiger partial charge in [0.2, 0.25) is 11.6 Å². The van der Waals surface area contributed by atoms with Crippen LogP contribution in [0.3, 0.4) is 0 Å². The Morgan fingerprint density at radius 2 is 0.925 bits per heavy atom. The molecule has 0 atom stereocenters. The maximum Gasteiger partial charge on any atom is 0.212 e. The molecule has 3 aliphatic rings. The number of nitrogens with zero attached hydrogens (tertiary/aromatic N) is 6. The van der Waals surface area contributed by atoms with Gasteiger partial charge in [-0.2, -0.15) is 21.0 Å². The summed E-state index contributed by atoms with van der Waals surface area (Å²) in [7, 11) is 0. The van der Waals surface area contributed by atoms with E-state index in [1.54, 1.807) is 48.5 Å². The van der Waals surface area contributed by atoms with Gasteiger partial charge in [-0.25, -0.2) is 9.98 Å². The number of allylic oxidation sites excluding steroid dienone is 4. The number of nitriles is 4. The Hall–Kier alpha value is -7.08. The number of benzene rings is 4. The summed E-state index contributed by atoms with van der Waals surface area (Å²) >= 11 is 2.87. The molecule has 0 saturated heterocycles. The first-order valence-corrected chi connectivity index (χ1v) is 18.0. The van der Waals surface area contributed by atoms with Crippen molar-refractivity contribution in [2.24, 2.45) is 9.98 Å². The number of ketones is 2. The molecule has 0 bridgehead atoms. The average molecular weight is 717 g/mol. The van der Waals surface area contributed by atoms with Gasteiger partial charge in [0.05, 0.1) is 0 Å². The lowest BCUT2D eigenvalue weighted by molar-refractivity contribution is 0.106. The molecule has 3 aliphatic carbocycles. The van der Waals surface area contributed by atoms with Crippen molar-refractivity contribution in [3.8, 4) is 35.4 Å². The highest BCUT2D eigenvalue weighted by molar-refractivity contribution is 7.23. The van der Waals surface area contributed by atoms with Crippen molar-refractivity contribution in [3.63, 3.8) is 0 Å². The normalized spacial score (nSPS) is 16.3. The van der Waals surface area contributed by atoms with Crippen molar-refractivity contribution in [1.29, 1.82) is 21.0 Å². The average Bonchev–Trinajstić information content (AvgIpc) is 3.94. The third-order valence-corrected chi connectivity index (χ3v) is 12.1. The summed E-state index contributed by atoms with van der Waals surface area (Å²) in [4.78, 5) is 36.4. The zero-order valence-corrected chi connectivity index (χ0v) is 29.5. The fourth-order valence-electron chi connectivity index (χ4n) is 7.63. The maximum atomic E-state index is 13.5. The number of hydrogen-bond acceptors (Lipinski definition) is 10. The number of fused-ring (bicyclic) bond motifs is 7. The van der Waals surface area contributed by atoms with Crippen LogP contribution < -0.4 is 0 Å². The molecule has 6 aromatic rings. The van der Waals surface area contributed by atoms with Gasteiger partial charge in [0.1, 0.15) is 56.8 Å². The Bertz CT molecular complexity index is 2830. The molecule has 0 radical (unpaired) electrons. The van der Waals surface area contributed by atoms with Crippen molar-refractivity contribution >= 4 is 87.0 Å². The van der Waals surface area contributed by atoms with E-state index in [1.807, 2.05) is 36.4 Å². The minimum absolute atomic E-state index is 0.0933. The highest BCUT2D eigenvalue weighted by atomic mass is 32.1. The molecular formula is C43H20N6O2S2. The molecule has 2 aromatic heterocycles. The molecule has 4 aromatic carbocycles. The molecule has 53 heavy (non-hydrogen) atoms. The zero-order valence-electron chi connectivity index (χ0n) is 27.9. The molecule has 0 amide bonds. The number of hydrogen-bond donors (Lipinski definition) is 0. The van der Waals surface area contributed by atoms with Crippen molar-refractivity contribution < 1.29 is 9.59 Å². The van der Waals surface area contributed by atoms with Gasteiger partial charge in [0.25, 0.3) is 0 Å². The topological polar surface area (TPSA) is 154 Å². The minimum Gasteiger partial charge on any atom is -0.287 e. The lowest BCUT2D eigenvalue weighted by Gasteiger charge is -2.21. The van der Waals surface area contributed by atoms with Gasteiger partial charge in [-0.3, -0.25) is 9.59 Å². The summed E-state index contributed by atoms with van der Waals surface area (Å²) in [5.74, 6) is -0.634. The van der Waals surface area contributed by atoms with Crippen LogP contribution in [0.4, 0.5) is 10.0 Å². The summed E-state index contributed by atoms with van der Waals surface area (Å²) < 4.78 is 1.95. The van der Waals surface area contributed by atoms with Crippen molar-refractivity contribution in [3.05, 3.63) is 129 Å². The van der Waals surface area contributed by atoms with Crippen LogP contribution in [0.2, 0.25) is 0 Å². The Morgan fingerprint density at radius 3 is 1.30 bits per heavy atom. The van der Waals surface area contributed by atoms with E-state index < -0.39 is 0 Å². The lowest BCUT2D eigenvalue weighted by Crippen LogP contribution is -2.14. The number of rotatable bonds is 2. The van der Waals surface area contributed by atoms with Crippen LogP contribution in [-0.2, 0) is 5.41 Å². The smallest absolute Gasteiger partial charge is 0.212 e. The second-order valence-corrected chi connectivity index (χ2v) is 15.4. The maximum absolute atomic E-state index is 13.5. The summed E-state index contributed by atoms with van der Waals surface area (Å²) in [5, 5.41) is 42.0. The first kappa shape index (κ1) is 31.9. The summed E-state index contributed by atoms with van der Waals surface area (Å²) in [6.45, 7) is 4.37. The van der Waals surface area contributed by atoms with Crippen LogP contribution in [0.5, 0.6) is 0 Å². The van der Waals surface area contributed by atoms with Gasteiger partial charge < -0.3 is 0 Å². The van der Waals surface area contributed by atoms with Crippen LogP contribution >= 0.6 is 22.7 Å². The molecule has 10 heteroatoms. The fourth-order valence-corrected chi connectivity index (χ4v) is 9.55. The molecule has 9 rings (SSSR count). The Kier molecular flexibility index (Phi) is 6.90. The molecule has 0 N–H and O–H groups in total. The summed E-state index contributed by atoms with van der Waals surface area (Å²) in [6, 6.07) is 34.2. The highest BCUT2D eigenvalue weighted by Crippen LogP contribution is 2.53. The number of carbonyl (C=O) groups is 2. The largest absolute Gasteiger partial charge is 0.287 e. The van der Waals surface area contributed by atoms with E-state index >= 15 is 0 Å². The van der Waals surface area contributed by atoms with Crippen molar-refractivity contribution in [1.82, 2.24) is 0 Å². The van der Waals surface area contributed by atoms with Crippen molar-refractivity contribution in [2.75, 3.05) is 0 Å². The van der Waals surface area contributed by atoms with Gasteiger partial charge in [-0.15, -0.1) is 22.7 Å². The van der Waals surface area contributed by atoms with Crippen LogP contribution in [0, 0.1) is 45.3 Å². The third kappa shape index (κ3) is 4.55. The van der Waals surface area contributed by atoms with E-state index in [-0.39, 0.29) is 50.7 Å². The Labute approximate surface area is 310 Å². The first-order chi connectivity index (χ1) is 25.7. The number of thiophene rings is 2. The molecule has 0 aliphatic heterocycles. The van der Waals surface area contributed by atoms with Crippen LogP contribution in [0.15, 0.2) is 106 Å². The quantitative estimate of drug-likeness (QED) is 0.163. The number of aliphatic imine (C=N–C) groups is 2. The molecule has 2 heterocycles. The second kappa shape index (κ2) is 11.5. The second-order valence-electron chi connectivity index (χ2n) is 13.3.